The summed E-state index contributed by atoms with van der Waals surface area (Å²) in [5, 5.41) is 13.8. The number of hydrogen-bond acceptors (Lipinski definition) is 7. The highest BCUT2D eigenvalue weighted by Gasteiger charge is 2.25. The van der Waals surface area contributed by atoms with Crippen molar-refractivity contribution in [2.24, 2.45) is 0 Å². The number of carbonyl (C=O) groups excluding carboxylic acids is 1. The monoisotopic (exact) mass is 526 g/mol. The van der Waals surface area contributed by atoms with Gasteiger partial charge < -0.3 is 19.6 Å². The minimum Gasteiger partial charge on any atom is -0.491 e. The number of β-amino-alcohol motifs (C(OH)–C–C–N with tert-alkyl or cyclic N) is 1. The van der Waals surface area contributed by atoms with Crippen LogP contribution in [0.15, 0.2) is 77.2 Å². The van der Waals surface area contributed by atoms with Gasteiger partial charge in [0.15, 0.2) is 5.58 Å². The maximum atomic E-state index is 12.6. The fourth-order valence-corrected chi connectivity index (χ4v) is 5.51. The number of benzene rings is 3. The molecule has 2 heterocycles. The Hall–Kier alpha value is -3.72. The van der Waals surface area contributed by atoms with E-state index in [1.165, 1.54) is 11.1 Å². The molecular formula is C31H34N4O4. The van der Waals surface area contributed by atoms with Gasteiger partial charge in [-0.05, 0) is 48.2 Å². The second kappa shape index (κ2) is 11.6. The number of aliphatic hydroxyl groups excluding tert-OH is 1. The van der Waals surface area contributed by atoms with Crippen LogP contribution < -0.4 is 10.1 Å². The van der Waals surface area contributed by atoms with Crippen molar-refractivity contribution in [3.63, 3.8) is 0 Å². The van der Waals surface area contributed by atoms with Crippen LogP contribution in [0.1, 0.15) is 11.1 Å². The van der Waals surface area contributed by atoms with Gasteiger partial charge in [-0.15, -0.1) is 0 Å². The first kappa shape index (κ1) is 25.6. The van der Waals surface area contributed by atoms with Crippen LogP contribution in [0.2, 0.25) is 0 Å². The number of nitrogens with one attached hydrogen (secondary N) is 1. The molecule has 1 saturated heterocycles. The summed E-state index contributed by atoms with van der Waals surface area (Å²) in [4.78, 5) is 21.6. The average molecular weight is 527 g/mol. The Morgan fingerprint density at radius 3 is 2.41 bits per heavy atom. The van der Waals surface area contributed by atoms with Crippen LogP contribution in [-0.2, 0) is 17.6 Å². The number of carbonyl (C=O) groups is 1. The van der Waals surface area contributed by atoms with E-state index in [0.717, 1.165) is 50.1 Å². The third kappa shape index (κ3) is 6.30. The molecule has 0 saturated carbocycles. The van der Waals surface area contributed by atoms with Gasteiger partial charge in [-0.1, -0.05) is 42.5 Å². The zero-order valence-corrected chi connectivity index (χ0v) is 22.0. The molecule has 1 aliphatic carbocycles. The molecule has 0 unspecified atom stereocenters. The maximum Gasteiger partial charge on any atom is 0.234 e. The van der Waals surface area contributed by atoms with E-state index in [-0.39, 0.29) is 18.6 Å². The molecule has 3 aromatic carbocycles. The van der Waals surface area contributed by atoms with Gasteiger partial charge in [0.2, 0.25) is 11.8 Å². The molecule has 1 fully saturated rings. The summed E-state index contributed by atoms with van der Waals surface area (Å²) in [6.45, 7) is 4.38. The topological polar surface area (TPSA) is 91.1 Å². The summed E-state index contributed by atoms with van der Waals surface area (Å²) in [6.07, 6.45) is 1.21. The van der Waals surface area contributed by atoms with Crippen LogP contribution in [0.25, 0.3) is 22.6 Å². The predicted molar refractivity (Wildman–Crippen MR) is 150 cm³/mol. The number of aromatic nitrogens is 1. The molecule has 6 rings (SSSR count). The number of aliphatic hydroxyl groups is 1. The molecule has 0 bridgehead atoms. The third-order valence-electron chi connectivity index (χ3n) is 7.54. The molecule has 8 heteroatoms. The number of oxazole rings is 1. The highest BCUT2D eigenvalue weighted by atomic mass is 16.5. The first-order valence-electron chi connectivity index (χ1n) is 13.7. The van der Waals surface area contributed by atoms with Crippen molar-refractivity contribution >= 4 is 17.0 Å². The Bertz CT molecular complexity index is 1390. The van der Waals surface area contributed by atoms with Gasteiger partial charge in [-0.25, -0.2) is 4.98 Å². The predicted octanol–water partition coefficient (Wildman–Crippen LogP) is 3.14. The lowest BCUT2D eigenvalue weighted by Gasteiger charge is -2.35. The van der Waals surface area contributed by atoms with Crippen LogP contribution >= 0.6 is 0 Å². The number of fused-ring (bicyclic) bond motifs is 2. The molecule has 2 N–H and O–H groups in total. The Balaban J connectivity index is 0.917. The van der Waals surface area contributed by atoms with E-state index in [4.69, 9.17) is 9.15 Å². The van der Waals surface area contributed by atoms with Crippen LogP contribution in [-0.4, -0.2) is 83.8 Å². The van der Waals surface area contributed by atoms with Crippen LogP contribution in [0, 0.1) is 0 Å². The molecule has 1 atom stereocenters. The van der Waals surface area contributed by atoms with Crippen molar-refractivity contribution in [1.82, 2.24) is 20.1 Å². The normalized spacial score (nSPS) is 17.3. The highest BCUT2D eigenvalue weighted by molar-refractivity contribution is 5.79. The van der Waals surface area contributed by atoms with Gasteiger partial charge in [0.05, 0.1) is 6.54 Å². The van der Waals surface area contributed by atoms with Crippen LogP contribution in [0.5, 0.6) is 5.75 Å². The highest BCUT2D eigenvalue weighted by Crippen LogP contribution is 2.27. The number of piperazine rings is 1. The molecule has 1 amide bonds. The third-order valence-corrected chi connectivity index (χ3v) is 7.54. The first-order valence-corrected chi connectivity index (χ1v) is 13.7. The van der Waals surface area contributed by atoms with Gasteiger partial charge in [0.1, 0.15) is 24.0 Å². The second-order valence-corrected chi connectivity index (χ2v) is 10.5. The summed E-state index contributed by atoms with van der Waals surface area (Å²) < 4.78 is 11.7. The van der Waals surface area contributed by atoms with E-state index in [2.05, 4.69) is 44.4 Å². The molecular weight excluding hydrogens is 492 g/mol. The molecule has 4 aromatic rings. The summed E-state index contributed by atoms with van der Waals surface area (Å²) >= 11 is 0. The van der Waals surface area contributed by atoms with Crippen molar-refractivity contribution in [1.29, 1.82) is 0 Å². The number of hydrogen-bond donors (Lipinski definition) is 2. The van der Waals surface area contributed by atoms with E-state index in [1.54, 1.807) is 0 Å². The summed E-state index contributed by atoms with van der Waals surface area (Å²) in [6, 6.07) is 23.9. The quantitative estimate of drug-likeness (QED) is 0.346. The second-order valence-electron chi connectivity index (χ2n) is 10.5. The Kier molecular flexibility index (Phi) is 7.58. The van der Waals surface area contributed by atoms with Crippen molar-refractivity contribution in [2.75, 3.05) is 45.9 Å². The van der Waals surface area contributed by atoms with Crippen molar-refractivity contribution in [3.05, 3.63) is 83.9 Å². The lowest BCUT2D eigenvalue weighted by Crippen LogP contribution is -2.52. The van der Waals surface area contributed by atoms with Gasteiger partial charge >= 0.3 is 0 Å². The fraction of sp³-hybridized carbons (Fsp3) is 0.355. The lowest BCUT2D eigenvalue weighted by atomic mass is 10.1. The van der Waals surface area contributed by atoms with Crippen molar-refractivity contribution < 1.29 is 19.1 Å². The molecule has 0 spiro atoms. The summed E-state index contributed by atoms with van der Waals surface area (Å²) in [5.41, 5.74) is 5.02. The molecule has 1 aliphatic heterocycles. The zero-order valence-electron chi connectivity index (χ0n) is 22.0. The molecule has 1 aromatic heterocycles. The standard InChI is InChI=1S/C31H34N4O4/c36-26(21-38-27-10-11-29-28(18-27)33-31(39-29)22-6-2-1-3-7-22)19-34-12-14-35(15-13-34)20-30(37)32-25-16-23-8-4-5-9-24(23)17-25/h1-11,18,25-26,36H,12-17,19-21H2,(H,32,37)/t26-/m1/s1. The Labute approximate surface area is 228 Å². The smallest absolute Gasteiger partial charge is 0.234 e. The summed E-state index contributed by atoms with van der Waals surface area (Å²) in [5.74, 6) is 1.31. The van der Waals surface area contributed by atoms with Crippen LogP contribution in [0.4, 0.5) is 0 Å². The lowest BCUT2D eigenvalue weighted by molar-refractivity contribution is -0.123. The minimum absolute atomic E-state index is 0.0923. The Morgan fingerprint density at radius 1 is 0.974 bits per heavy atom. The van der Waals surface area contributed by atoms with Crippen molar-refractivity contribution in [2.45, 2.75) is 25.0 Å². The van der Waals surface area contributed by atoms with Gasteiger partial charge in [-0.2, -0.15) is 0 Å². The number of ether oxygens (including phenoxy) is 1. The number of amides is 1. The molecule has 0 radical (unpaired) electrons. The summed E-state index contributed by atoms with van der Waals surface area (Å²) in [7, 11) is 0. The average Bonchev–Trinajstić information content (AvgIpc) is 3.57. The largest absolute Gasteiger partial charge is 0.491 e. The number of rotatable bonds is 9. The minimum atomic E-state index is -0.614. The SMILES string of the molecule is O=C(CN1CCN(C[C@@H](O)COc2ccc3oc(-c4ccccc4)nc3c2)CC1)NC1Cc2ccccc2C1. The van der Waals surface area contributed by atoms with E-state index in [9.17, 15) is 9.90 Å². The fourth-order valence-electron chi connectivity index (χ4n) is 5.51. The molecule has 2 aliphatic rings. The van der Waals surface area contributed by atoms with Gasteiger partial charge in [-0.3, -0.25) is 14.6 Å². The number of nitrogens with zero attached hydrogens (tertiary/aromatic N) is 3. The first-order chi connectivity index (χ1) is 19.1. The zero-order chi connectivity index (χ0) is 26.6. The van der Waals surface area contributed by atoms with E-state index < -0.39 is 6.10 Å². The molecule has 8 nitrogen and oxygen atoms in total. The van der Waals surface area contributed by atoms with Gasteiger partial charge in [0.25, 0.3) is 0 Å². The van der Waals surface area contributed by atoms with Crippen LogP contribution in [0.3, 0.4) is 0 Å². The molecule has 39 heavy (non-hydrogen) atoms. The van der Waals surface area contributed by atoms with E-state index in [0.29, 0.717) is 30.3 Å². The van der Waals surface area contributed by atoms with Crippen molar-refractivity contribution in [3.8, 4) is 17.2 Å². The van der Waals surface area contributed by atoms with Gasteiger partial charge in [0, 0.05) is 50.4 Å². The Morgan fingerprint density at radius 2 is 1.67 bits per heavy atom. The molecule has 202 valence electrons. The van der Waals surface area contributed by atoms with E-state index in [1.807, 2.05) is 48.5 Å². The maximum absolute atomic E-state index is 12.6. The van der Waals surface area contributed by atoms with E-state index >= 15 is 0 Å².